The molecule has 2 nitrogen and oxygen atoms in total. The molecule has 1 fully saturated rings. The van der Waals surface area contributed by atoms with E-state index in [4.69, 9.17) is 27.9 Å². The summed E-state index contributed by atoms with van der Waals surface area (Å²) in [5.41, 5.74) is 1.15. The van der Waals surface area contributed by atoms with Gasteiger partial charge in [0.2, 0.25) is 0 Å². The molecule has 18 heavy (non-hydrogen) atoms. The highest BCUT2D eigenvalue weighted by Crippen LogP contribution is 2.25. The summed E-state index contributed by atoms with van der Waals surface area (Å²) in [6.07, 6.45) is 3.24. The smallest absolute Gasteiger partial charge is 0.0495 e. The number of benzene rings is 1. The van der Waals surface area contributed by atoms with Crippen molar-refractivity contribution in [1.82, 2.24) is 5.32 Å². The molecule has 0 saturated carbocycles. The summed E-state index contributed by atoms with van der Waals surface area (Å²) in [5, 5.41) is 4.82. The average molecular weight is 288 g/mol. The minimum absolute atomic E-state index is 0.440. The Morgan fingerprint density at radius 3 is 2.89 bits per heavy atom. The zero-order valence-corrected chi connectivity index (χ0v) is 12.1. The first-order chi connectivity index (χ1) is 8.69. The Morgan fingerprint density at radius 2 is 2.28 bits per heavy atom. The monoisotopic (exact) mass is 287 g/mol. The third kappa shape index (κ3) is 3.86. The average Bonchev–Trinajstić information content (AvgIpc) is 2.84. The molecule has 0 spiro atoms. The van der Waals surface area contributed by atoms with Crippen LogP contribution in [0.15, 0.2) is 18.2 Å². The summed E-state index contributed by atoms with van der Waals surface area (Å²) in [6.45, 7) is 1.80. The number of hydrogen-bond acceptors (Lipinski definition) is 2. The van der Waals surface area contributed by atoms with E-state index in [1.54, 1.807) is 0 Å². The summed E-state index contributed by atoms with van der Waals surface area (Å²) >= 11 is 12.1. The van der Waals surface area contributed by atoms with Crippen LogP contribution in [0.5, 0.6) is 0 Å². The first-order valence-corrected chi connectivity index (χ1v) is 7.13. The van der Waals surface area contributed by atoms with Crippen LogP contribution in [-0.2, 0) is 11.2 Å². The molecule has 0 bridgehead atoms. The summed E-state index contributed by atoms with van der Waals surface area (Å²) in [6, 6.07) is 6.16. The number of likely N-dealkylation sites (N-methyl/N-ethyl adjacent to an activating group) is 1. The maximum Gasteiger partial charge on any atom is 0.0495 e. The first kappa shape index (κ1) is 14.1. The van der Waals surface area contributed by atoms with Gasteiger partial charge in [-0.1, -0.05) is 29.3 Å². The van der Waals surface area contributed by atoms with Crippen LogP contribution in [0, 0.1) is 5.92 Å². The molecule has 1 saturated heterocycles. The normalized spacial score (nSPS) is 21.2. The third-order valence-corrected chi connectivity index (χ3v) is 4.12. The van der Waals surface area contributed by atoms with E-state index in [0.29, 0.717) is 17.0 Å². The topological polar surface area (TPSA) is 21.3 Å². The summed E-state index contributed by atoms with van der Waals surface area (Å²) in [7, 11) is 2.00. The molecular weight excluding hydrogens is 269 g/mol. The van der Waals surface area contributed by atoms with Gasteiger partial charge in [0, 0.05) is 29.3 Å². The van der Waals surface area contributed by atoms with Crippen molar-refractivity contribution in [3.05, 3.63) is 33.8 Å². The van der Waals surface area contributed by atoms with Crippen LogP contribution in [0.2, 0.25) is 10.0 Å². The highest BCUT2D eigenvalue weighted by atomic mass is 35.5. The van der Waals surface area contributed by atoms with Gasteiger partial charge in [-0.2, -0.15) is 0 Å². The second-order valence-corrected chi connectivity index (χ2v) is 5.73. The Morgan fingerprint density at radius 1 is 1.44 bits per heavy atom. The van der Waals surface area contributed by atoms with Crippen molar-refractivity contribution < 1.29 is 4.74 Å². The lowest BCUT2D eigenvalue weighted by molar-refractivity contribution is 0.181. The van der Waals surface area contributed by atoms with E-state index in [9.17, 15) is 0 Å². The van der Waals surface area contributed by atoms with Crippen molar-refractivity contribution in [2.24, 2.45) is 5.92 Å². The molecule has 1 aromatic rings. The molecule has 1 aromatic carbocycles. The van der Waals surface area contributed by atoms with Crippen LogP contribution < -0.4 is 5.32 Å². The van der Waals surface area contributed by atoms with E-state index < -0.39 is 0 Å². The van der Waals surface area contributed by atoms with Gasteiger partial charge in [-0.05, 0) is 49.9 Å². The van der Waals surface area contributed by atoms with Gasteiger partial charge in [-0.25, -0.2) is 0 Å². The standard InChI is InChI=1S/C14H19Cl2NO/c1-17-13(6-10-4-5-18-9-10)7-11-2-3-12(15)8-14(11)16/h2-3,8,10,13,17H,4-7,9H2,1H3. The second-order valence-electron chi connectivity index (χ2n) is 4.89. The van der Waals surface area contributed by atoms with Crippen LogP contribution in [0.4, 0.5) is 0 Å². The molecule has 2 rings (SSSR count). The zero-order valence-electron chi connectivity index (χ0n) is 10.6. The largest absolute Gasteiger partial charge is 0.381 e. The molecular formula is C14H19Cl2NO. The molecule has 1 N–H and O–H groups in total. The highest BCUT2D eigenvalue weighted by Gasteiger charge is 2.20. The molecule has 2 unspecified atom stereocenters. The summed E-state index contributed by atoms with van der Waals surface area (Å²) in [4.78, 5) is 0. The molecule has 0 radical (unpaired) electrons. The van der Waals surface area contributed by atoms with E-state index in [2.05, 4.69) is 5.32 Å². The van der Waals surface area contributed by atoms with Crippen LogP contribution in [-0.4, -0.2) is 26.3 Å². The van der Waals surface area contributed by atoms with Gasteiger partial charge in [-0.15, -0.1) is 0 Å². The van der Waals surface area contributed by atoms with Gasteiger partial charge in [0.15, 0.2) is 0 Å². The fraction of sp³-hybridized carbons (Fsp3) is 0.571. The highest BCUT2D eigenvalue weighted by molar-refractivity contribution is 6.35. The van der Waals surface area contributed by atoms with Crippen LogP contribution in [0.25, 0.3) is 0 Å². The predicted molar refractivity (Wildman–Crippen MR) is 76.6 cm³/mol. The first-order valence-electron chi connectivity index (χ1n) is 6.38. The van der Waals surface area contributed by atoms with Gasteiger partial charge in [0.05, 0.1) is 0 Å². The molecule has 2 atom stereocenters. The van der Waals surface area contributed by atoms with E-state index in [-0.39, 0.29) is 0 Å². The number of ether oxygens (including phenoxy) is 1. The van der Waals surface area contributed by atoms with Gasteiger partial charge in [0.25, 0.3) is 0 Å². The summed E-state index contributed by atoms with van der Waals surface area (Å²) in [5.74, 6) is 0.675. The molecule has 0 aromatic heterocycles. The number of hydrogen-bond donors (Lipinski definition) is 1. The number of halogens is 2. The molecule has 4 heteroatoms. The Bertz CT molecular complexity index is 391. The molecule has 1 aliphatic heterocycles. The Kier molecular flexibility index (Phi) is 5.31. The van der Waals surface area contributed by atoms with Crippen LogP contribution in [0.3, 0.4) is 0 Å². The SMILES string of the molecule is CNC(Cc1ccc(Cl)cc1Cl)CC1CCOC1. The van der Waals surface area contributed by atoms with Gasteiger partial charge >= 0.3 is 0 Å². The fourth-order valence-corrected chi connectivity index (χ4v) is 2.91. The Balaban J connectivity index is 1.96. The van der Waals surface area contributed by atoms with E-state index >= 15 is 0 Å². The minimum Gasteiger partial charge on any atom is -0.381 e. The quantitative estimate of drug-likeness (QED) is 0.894. The summed E-state index contributed by atoms with van der Waals surface area (Å²) < 4.78 is 5.42. The maximum absolute atomic E-state index is 6.21. The van der Waals surface area contributed by atoms with Crippen molar-refractivity contribution in [2.45, 2.75) is 25.3 Å². The lowest BCUT2D eigenvalue weighted by Gasteiger charge is -2.20. The van der Waals surface area contributed by atoms with Crippen LogP contribution in [0.1, 0.15) is 18.4 Å². The number of rotatable bonds is 5. The zero-order chi connectivity index (χ0) is 13.0. The van der Waals surface area contributed by atoms with Crippen molar-refractivity contribution in [2.75, 3.05) is 20.3 Å². The Labute approximate surface area is 119 Å². The molecule has 0 aliphatic carbocycles. The number of nitrogens with one attached hydrogen (secondary N) is 1. The molecule has 1 heterocycles. The lowest BCUT2D eigenvalue weighted by Crippen LogP contribution is -2.30. The third-order valence-electron chi connectivity index (χ3n) is 3.53. The van der Waals surface area contributed by atoms with Gasteiger partial charge in [0.1, 0.15) is 0 Å². The van der Waals surface area contributed by atoms with E-state index in [1.807, 2.05) is 25.2 Å². The molecule has 1 aliphatic rings. The van der Waals surface area contributed by atoms with Gasteiger partial charge < -0.3 is 10.1 Å². The fourth-order valence-electron chi connectivity index (χ4n) is 2.43. The molecule has 0 amide bonds. The Hall–Kier alpha value is -0.280. The van der Waals surface area contributed by atoms with Crippen LogP contribution >= 0.6 is 23.2 Å². The van der Waals surface area contributed by atoms with Crippen molar-refractivity contribution in [1.29, 1.82) is 0 Å². The molecule has 100 valence electrons. The van der Waals surface area contributed by atoms with E-state index in [0.717, 1.165) is 36.6 Å². The predicted octanol–water partition coefficient (Wildman–Crippen LogP) is 3.55. The minimum atomic E-state index is 0.440. The second kappa shape index (κ2) is 6.76. The van der Waals surface area contributed by atoms with Gasteiger partial charge in [-0.3, -0.25) is 0 Å². The van der Waals surface area contributed by atoms with E-state index in [1.165, 1.54) is 6.42 Å². The van der Waals surface area contributed by atoms with Crippen molar-refractivity contribution in [3.8, 4) is 0 Å². The van der Waals surface area contributed by atoms with Crippen molar-refractivity contribution >= 4 is 23.2 Å². The lowest BCUT2D eigenvalue weighted by atomic mass is 9.94. The van der Waals surface area contributed by atoms with Crippen molar-refractivity contribution in [3.63, 3.8) is 0 Å². The maximum atomic E-state index is 6.21.